The van der Waals surface area contributed by atoms with Crippen LogP contribution in [0, 0.1) is 0 Å². The molecule has 2 heteroatoms. The Morgan fingerprint density at radius 3 is 2.58 bits per heavy atom. The Bertz CT molecular complexity index is 408. The van der Waals surface area contributed by atoms with Crippen LogP contribution < -0.4 is 10.1 Å². The summed E-state index contributed by atoms with van der Waals surface area (Å²) in [6.07, 6.45) is 9.98. The van der Waals surface area contributed by atoms with Crippen LogP contribution in [0.15, 0.2) is 35.9 Å². The first kappa shape index (κ1) is 14.1. The van der Waals surface area contributed by atoms with Gasteiger partial charge < -0.3 is 10.1 Å². The number of likely N-dealkylation sites (N-methyl/N-ethyl adjacent to an activating group) is 1. The molecular formula is C17H25NO. The summed E-state index contributed by atoms with van der Waals surface area (Å²) in [4.78, 5) is 0. The monoisotopic (exact) mass is 259 g/mol. The third kappa shape index (κ3) is 4.10. The van der Waals surface area contributed by atoms with Gasteiger partial charge in [-0.05, 0) is 63.3 Å². The number of hydrogen-bond donors (Lipinski definition) is 1. The van der Waals surface area contributed by atoms with Crippen LogP contribution >= 0.6 is 0 Å². The molecule has 1 aromatic rings. The van der Waals surface area contributed by atoms with Crippen molar-refractivity contribution in [3.63, 3.8) is 0 Å². The summed E-state index contributed by atoms with van der Waals surface area (Å²) in [5.74, 6) is 0.934. The van der Waals surface area contributed by atoms with E-state index < -0.39 is 0 Å². The first-order chi connectivity index (χ1) is 9.33. The smallest absolute Gasteiger partial charge is 0.118 e. The van der Waals surface area contributed by atoms with Crippen molar-refractivity contribution in [1.82, 2.24) is 5.32 Å². The SMILES string of the molecule is CNC(CCc1ccc(OC)cc1)C1=CCCCC1. The van der Waals surface area contributed by atoms with E-state index in [4.69, 9.17) is 4.74 Å². The van der Waals surface area contributed by atoms with E-state index in [-0.39, 0.29) is 0 Å². The highest BCUT2D eigenvalue weighted by Crippen LogP contribution is 2.23. The minimum atomic E-state index is 0.544. The quantitative estimate of drug-likeness (QED) is 0.786. The van der Waals surface area contributed by atoms with E-state index >= 15 is 0 Å². The van der Waals surface area contributed by atoms with Crippen molar-refractivity contribution in [2.24, 2.45) is 0 Å². The molecule has 1 aromatic carbocycles. The second-order valence-electron chi connectivity index (χ2n) is 5.25. The molecule has 0 aliphatic heterocycles. The minimum absolute atomic E-state index is 0.544. The number of allylic oxidation sites excluding steroid dienone is 1. The summed E-state index contributed by atoms with van der Waals surface area (Å²) in [6.45, 7) is 0. The Morgan fingerprint density at radius 1 is 1.21 bits per heavy atom. The zero-order chi connectivity index (χ0) is 13.5. The first-order valence-electron chi connectivity index (χ1n) is 7.32. The van der Waals surface area contributed by atoms with Gasteiger partial charge in [0, 0.05) is 6.04 Å². The fourth-order valence-corrected chi connectivity index (χ4v) is 2.80. The normalized spacial score (nSPS) is 16.8. The first-order valence-corrected chi connectivity index (χ1v) is 7.32. The molecule has 104 valence electrons. The molecular weight excluding hydrogens is 234 g/mol. The molecule has 19 heavy (non-hydrogen) atoms. The van der Waals surface area contributed by atoms with E-state index in [2.05, 4.69) is 30.6 Å². The largest absolute Gasteiger partial charge is 0.497 e. The van der Waals surface area contributed by atoms with Crippen molar-refractivity contribution in [2.45, 2.75) is 44.6 Å². The molecule has 0 amide bonds. The van der Waals surface area contributed by atoms with E-state index in [1.54, 1.807) is 12.7 Å². The lowest BCUT2D eigenvalue weighted by Gasteiger charge is -2.23. The van der Waals surface area contributed by atoms with Gasteiger partial charge in [-0.2, -0.15) is 0 Å². The maximum absolute atomic E-state index is 5.19. The predicted octanol–water partition coefficient (Wildman–Crippen LogP) is 3.72. The molecule has 2 rings (SSSR count). The Balaban J connectivity index is 1.89. The molecule has 0 spiro atoms. The molecule has 0 fully saturated rings. The van der Waals surface area contributed by atoms with E-state index in [0.717, 1.165) is 12.2 Å². The molecule has 0 saturated heterocycles. The van der Waals surface area contributed by atoms with Crippen molar-refractivity contribution < 1.29 is 4.74 Å². The van der Waals surface area contributed by atoms with Crippen LogP contribution in [0.3, 0.4) is 0 Å². The summed E-state index contributed by atoms with van der Waals surface area (Å²) >= 11 is 0. The molecule has 0 radical (unpaired) electrons. The number of nitrogens with one attached hydrogen (secondary N) is 1. The third-order valence-electron chi connectivity index (χ3n) is 4.00. The summed E-state index contributed by atoms with van der Waals surface area (Å²) in [6, 6.07) is 8.97. The van der Waals surface area contributed by atoms with E-state index in [1.807, 2.05) is 12.1 Å². The molecule has 2 nitrogen and oxygen atoms in total. The van der Waals surface area contributed by atoms with Gasteiger partial charge in [0.05, 0.1) is 7.11 Å². The molecule has 1 unspecified atom stereocenters. The van der Waals surface area contributed by atoms with Gasteiger partial charge in [0.1, 0.15) is 5.75 Å². The van der Waals surface area contributed by atoms with Crippen molar-refractivity contribution >= 4 is 0 Å². The van der Waals surface area contributed by atoms with Gasteiger partial charge >= 0.3 is 0 Å². The standard InChI is InChI=1S/C17H25NO/c1-18-17(15-6-4-3-5-7-15)13-10-14-8-11-16(19-2)12-9-14/h6,8-9,11-12,17-18H,3-5,7,10,13H2,1-2H3. The van der Waals surface area contributed by atoms with Crippen LogP contribution in [0.2, 0.25) is 0 Å². The van der Waals surface area contributed by atoms with Gasteiger partial charge in [-0.25, -0.2) is 0 Å². The van der Waals surface area contributed by atoms with Crippen LogP contribution in [0.25, 0.3) is 0 Å². The zero-order valence-corrected chi connectivity index (χ0v) is 12.1. The Labute approximate surface area is 116 Å². The van der Waals surface area contributed by atoms with Crippen LogP contribution in [0.4, 0.5) is 0 Å². The van der Waals surface area contributed by atoms with Gasteiger partial charge in [-0.3, -0.25) is 0 Å². The van der Waals surface area contributed by atoms with Gasteiger partial charge in [0.2, 0.25) is 0 Å². The van der Waals surface area contributed by atoms with Crippen LogP contribution in [0.1, 0.15) is 37.7 Å². The second kappa shape index (κ2) is 7.34. The van der Waals surface area contributed by atoms with Crippen LogP contribution in [-0.2, 0) is 6.42 Å². The summed E-state index contributed by atoms with van der Waals surface area (Å²) < 4.78 is 5.19. The summed E-state index contributed by atoms with van der Waals surface area (Å²) in [5, 5.41) is 3.47. The molecule has 1 aliphatic carbocycles. The fourth-order valence-electron chi connectivity index (χ4n) is 2.80. The highest BCUT2D eigenvalue weighted by Gasteiger charge is 2.14. The highest BCUT2D eigenvalue weighted by atomic mass is 16.5. The second-order valence-corrected chi connectivity index (χ2v) is 5.25. The number of hydrogen-bond acceptors (Lipinski definition) is 2. The van der Waals surface area contributed by atoms with Gasteiger partial charge in [-0.15, -0.1) is 0 Å². The lowest BCUT2D eigenvalue weighted by atomic mass is 9.90. The molecule has 0 aromatic heterocycles. The van der Waals surface area contributed by atoms with Gasteiger partial charge in [0.25, 0.3) is 0 Å². The topological polar surface area (TPSA) is 21.3 Å². The maximum Gasteiger partial charge on any atom is 0.118 e. The average molecular weight is 259 g/mol. The molecule has 1 atom stereocenters. The van der Waals surface area contributed by atoms with Crippen LogP contribution in [0.5, 0.6) is 5.75 Å². The van der Waals surface area contributed by atoms with Gasteiger partial charge in [0.15, 0.2) is 0 Å². The average Bonchev–Trinajstić information content (AvgIpc) is 2.49. The Hall–Kier alpha value is -1.28. The highest BCUT2D eigenvalue weighted by molar-refractivity contribution is 5.27. The number of benzene rings is 1. The zero-order valence-electron chi connectivity index (χ0n) is 12.1. The summed E-state index contributed by atoms with van der Waals surface area (Å²) in [7, 11) is 3.79. The molecule has 0 saturated carbocycles. The summed E-state index contributed by atoms with van der Waals surface area (Å²) in [5.41, 5.74) is 3.00. The van der Waals surface area contributed by atoms with E-state index in [9.17, 15) is 0 Å². The number of methoxy groups -OCH3 is 1. The van der Waals surface area contributed by atoms with Crippen molar-refractivity contribution in [1.29, 1.82) is 0 Å². The molecule has 1 N–H and O–H groups in total. The lowest BCUT2D eigenvalue weighted by Crippen LogP contribution is -2.28. The number of rotatable bonds is 6. The van der Waals surface area contributed by atoms with E-state index in [0.29, 0.717) is 6.04 Å². The predicted molar refractivity (Wildman–Crippen MR) is 80.7 cm³/mol. The molecule has 0 bridgehead atoms. The fraction of sp³-hybridized carbons (Fsp3) is 0.529. The molecule has 1 aliphatic rings. The number of aryl methyl sites for hydroxylation is 1. The maximum atomic E-state index is 5.19. The molecule has 0 heterocycles. The van der Waals surface area contributed by atoms with Gasteiger partial charge in [-0.1, -0.05) is 23.8 Å². The van der Waals surface area contributed by atoms with E-state index in [1.165, 1.54) is 37.7 Å². The Morgan fingerprint density at radius 2 is 2.00 bits per heavy atom. The number of ether oxygens (including phenoxy) is 1. The lowest BCUT2D eigenvalue weighted by molar-refractivity contribution is 0.414. The minimum Gasteiger partial charge on any atom is -0.497 e. The van der Waals surface area contributed by atoms with Crippen molar-refractivity contribution in [2.75, 3.05) is 14.2 Å². The van der Waals surface area contributed by atoms with Crippen LogP contribution in [-0.4, -0.2) is 20.2 Å². The van der Waals surface area contributed by atoms with Crippen molar-refractivity contribution in [3.8, 4) is 5.75 Å². The van der Waals surface area contributed by atoms with Crippen molar-refractivity contribution in [3.05, 3.63) is 41.5 Å². The third-order valence-corrected chi connectivity index (χ3v) is 4.00. The Kier molecular flexibility index (Phi) is 5.46.